The van der Waals surface area contributed by atoms with Crippen molar-refractivity contribution in [3.05, 3.63) is 47.4 Å². The first-order chi connectivity index (χ1) is 13.1. The minimum absolute atomic E-state index is 0.0811. The molecule has 1 aliphatic rings. The third-order valence-corrected chi connectivity index (χ3v) is 4.97. The Bertz CT molecular complexity index is 1020. The number of carbonyl (C=O) groups excluding carboxylic acids is 1. The first-order valence-electron chi connectivity index (χ1n) is 8.99. The van der Waals surface area contributed by atoms with E-state index in [1.54, 1.807) is 29.0 Å². The quantitative estimate of drug-likeness (QED) is 0.730. The topological polar surface area (TPSA) is 97.4 Å². The van der Waals surface area contributed by atoms with Crippen molar-refractivity contribution in [3.63, 3.8) is 0 Å². The molecule has 9 nitrogen and oxygen atoms in total. The Labute approximate surface area is 155 Å². The molecular weight excluding hydrogens is 346 g/mol. The average Bonchev–Trinajstić information content (AvgIpc) is 3.34. The van der Waals surface area contributed by atoms with Crippen LogP contribution in [-0.4, -0.2) is 43.1 Å². The number of hydrogen-bond acceptors (Lipinski definition) is 6. The minimum Gasteiger partial charge on any atom is -0.355 e. The van der Waals surface area contributed by atoms with Crippen LogP contribution in [-0.2, 0) is 11.3 Å². The number of hydrogen-bond donors (Lipinski definition) is 1. The van der Waals surface area contributed by atoms with E-state index in [9.17, 15) is 9.59 Å². The van der Waals surface area contributed by atoms with Gasteiger partial charge in [0.15, 0.2) is 5.65 Å². The number of nitrogens with zero attached hydrogens (tertiary/aromatic N) is 6. The van der Waals surface area contributed by atoms with Crippen molar-refractivity contribution in [2.24, 2.45) is 0 Å². The molecule has 1 aliphatic carbocycles. The standard InChI is InChI=1S/C18H21N7O2/c1-23(14-4-2-3-5-14)16-10-24(18(27)8-19-16)11-17(26)22-13-6-7-15-20-12-21-25(15)9-13/h6-10,12,14H,2-5,11H2,1H3,(H,22,26). The molecule has 0 spiro atoms. The normalized spacial score (nSPS) is 14.6. The largest absolute Gasteiger partial charge is 0.355 e. The monoisotopic (exact) mass is 367 g/mol. The van der Waals surface area contributed by atoms with Crippen molar-refractivity contribution in [1.82, 2.24) is 24.1 Å². The van der Waals surface area contributed by atoms with Crippen molar-refractivity contribution in [3.8, 4) is 0 Å². The fraction of sp³-hybridized carbons (Fsp3) is 0.389. The molecule has 0 atom stereocenters. The highest BCUT2D eigenvalue weighted by Gasteiger charge is 2.21. The van der Waals surface area contributed by atoms with E-state index in [2.05, 4.69) is 25.3 Å². The van der Waals surface area contributed by atoms with Crippen LogP contribution in [0.15, 0.2) is 41.8 Å². The van der Waals surface area contributed by atoms with Gasteiger partial charge in [-0.2, -0.15) is 5.10 Å². The van der Waals surface area contributed by atoms with Gasteiger partial charge in [-0.05, 0) is 25.0 Å². The van der Waals surface area contributed by atoms with Crippen molar-refractivity contribution in [2.45, 2.75) is 38.3 Å². The molecule has 0 bridgehead atoms. The summed E-state index contributed by atoms with van der Waals surface area (Å²) < 4.78 is 2.96. The number of anilines is 2. The van der Waals surface area contributed by atoms with Crippen LogP contribution in [0.3, 0.4) is 0 Å². The number of carbonyl (C=O) groups is 1. The van der Waals surface area contributed by atoms with Gasteiger partial charge < -0.3 is 14.8 Å². The zero-order valence-corrected chi connectivity index (χ0v) is 15.1. The van der Waals surface area contributed by atoms with E-state index in [4.69, 9.17) is 0 Å². The molecule has 1 fully saturated rings. The molecule has 27 heavy (non-hydrogen) atoms. The first-order valence-corrected chi connectivity index (χ1v) is 8.99. The average molecular weight is 367 g/mol. The van der Waals surface area contributed by atoms with Crippen molar-refractivity contribution in [1.29, 1.82) is 0 Å². The summed E-state index contributed by atoms with van der Waals surface area (Å²) in [6, 6.07) is 3.94. The van der Waals surface area contributed by atoms with Crippen molar-refractivity contribution < 1.29 is 4.79 Å². The first kappa shape index (κ1) is 17.2. The van der Waals surface area contributed by atoms with E-state index in [-0.39, 0.29) is 18.0 Å². The fourth-order valence-corrected chi connectivity index (χ4v) is 3.46. The second-order valence-electron chi connectivity index (χ2n) is 6.79. The second-order valence-corrected chi connectivity index (χ2v) is 6.79. The summed E-state index contributed by atoms with van der Waals surface area (Å²) in [4.78, 5) is 34.9. The van der Waals surface area contributed by atoms with Crippen LogP contribution in [0.5, 0.6) is 0 Å². The fourth-order valence-electron chi connectivity index (χ4n) is 3.46. The Morgan fingerprint density at radius 3 is 2.89 bits per heavy atom. The molecule has 0 unspecified atom stereocenters. The predicted octanol–water partition coefficient (Wildman–Crippen LogP) is 1.30. The highest BCUT2D eigenvalue weighted by atomic mass is 16.2. The molecule has 1 amide bonds. The van der Waals surface area contributed by atoms with Crippen LogP contribution >= 0.6 is 0 Å². The smallest absolute Gasteiger partial charge is 0.269 e. The van der Waals surface area contributed by atoms with Gasteiger partial charge in [-0.25, -0.2) is 14.5 Å². The predicted molar refractivity (Wildman–Crippen MR) is 101 cm³/mol. The van der Waals surface area contributed by atoms with Gasteiger partial charge in [-0.15, -0.1) is 0 Å². The molecule has 0 saturated heterocycles. The highest BCUT2D eigenvalue weighted by molar-refractivity contribution is 5.90. The zero-order valence-electron chi connectivity index (χ0n) is 15.1. The zero-order chi connectivity index (χ0) is 18.8. The lowest BCUT2D eigenvalue weighted by molar-refractivity contribution is -0.116. The maximum atomic E-state index is 12.4. The number of pyridine rings is 1. The Morgan fingerprint density at radius 2 is 2.07 bits per heavy atom. The number of amides is 1. The van der Waals surface area contributed by atoms with Gasteiger partial charge in [0.25, 0.3) is 5.56 Å². The summed E-state index contributed by atoms with van der Waals surface area (Å²) in [7, 11) is 1.99. The second kappa shape index (κ2) is 7.18. The van der Waals surface area contributed by atoms with E-state index in [1.165, 1.54) is 29.9 Å². The highest BCUT2D eigenvalue weighted by Crippen LogP contribution is 2.25. The lowest BCUT2D eigenvalue weighted by Gasteiger charge is -2.25. The molecule has 3 heterocycles. The summed E-state index contributed by atoms with van der Waals surface area (Å²) >= 11 is 0. The van der Waals surface area contributed by atoms with Gasteiger partial charge in [0, 0.05) is 13.1 Å². The molecule has 140 valence electrons. The molecule has 1 N–H and O–H groups in total. The summed E-state index contributed by atoms with van der Waals surface area (Å²) in [5.41, 5.74) is 0.974. The minimum atomic E-state index is -0.305. The van der Waals surface area contributed by atoms with E-state index in [1.807, 2.05) is 7.05 Å². The van der Waals surface area contributed by atoms with Crippen LogP contribution in [0.1, 0.15) is 25.7 Å². The van der Waals surface area contributed by atoms with Crippen LogP contribution < -0.4 is 15.8 Å². The van der Waals surface area contributed by atoms with E-state index in [0.717, 1.165) is 12.8 Å². The van der Waals surface area contributed by atoms with Crippen LogP contribution in [0.2, 0.25) is 0 Å². The van der Waals surface area contributed by atoms with Crippen LogP contribution in [0.25, 0.3) is 5.65 Å². The van der Waals surface area contributed by atoms with E-state index in [0.29, 0.717) is 23.2 Å². The van der Waals surface area contributed by atoms with Gasteiger partial charge in [-0.3, -0.25) is 9.59 Å². The molecule has 0 aliphatic heterocycles. The SMILES string of the molecule is CN(c1cn(CC(=O)Nc2ccc3ncnn3c2)c(=O)cn1)C1CCCC1. The summed E-state index contributed by atoms with van der Waals surface area (Å²) in [6.07, 6.45) is 10.7. The molecule has 4 rings (SSSR count). The molecule has 0 radical (unpaired) electrons. The molecule has 0 aromatic carbocycles. The van der Waals surface area contributed by atoms with Crippen molar-refractivity contribution >= 4 is 23.1 Å². The van der Waals surface area contributed by atoms with Crippen LogP contribution in [0, 0.1) is 0 Å². The van der Waals surface area contributed by atoms with E-state index >= 15 is 0 Å². The Hall–Kier alpha value is -3.23. The van der Waals surface area contributed by atoms with Gasteiger partial charge in [0.05, 0.1) is 24.3 Å². The molecule has 3 aromatic rings. The van der Waals surface area contributed by atoms with Gasteiger partial charge in [0.1, 0.15) is 18.7 Å². The molecule has 1 saturated carbocycles. The van der Waals surface area contributed by atoms with Gasteiger partial charge in [0.2, 0.25) is 5.91 Å². The van der Waals surface area contributed by atoms with E-state index < -0.39 is 0 Å². The lowest BCUT2D eigenvalue weighted by atomic mass is 10.2. The number of rotatable bonds is 5. The van der Waals surface area contributed by atoms with Gasteiger partial charge >= 0.3 is 0 Å². The maximum absolute atomic E-state index is 12.4. The number of aromatic nitrogens is 5. The summed E-state index contributed by atoms with van der Waals surface area (Å²) in [6.45, 7) is -0.0811. The summed E-state index contributed by atoms with van der Waals surface area (Å²) in [5, 5.41) is 6.82. The Kier molecular flexibility index (Phi) is 4.57. The molecular formula is C18H21N7O2. The maximum Gasteiger partial charge on any atom is 0.269 e. The number of nitrogens with one attached hydrogen (secondary N) is 1. The molecule has 9 heteroatoms. The van der Waals surface area contributed by atoms with Crippen molar-refractivity contribution in [2.75, 3.05) is 17.3 Å². The van der Waals surface area contributed by atoms with Gasteiger partial charge in [-0.1, -0.05) is 12.8 Å². The molecule has 3 aromatic heterocycles. The van der Waals surface area contributed by atoms with Crippen LogP contribution in [0.4, 0.5) is 11.5 Å². The Balaban J connectivity index is 1.48. The Morgan fingerprint density at radius 1 is 1.26 bits per heavy atom. The lowest BCUT2D eigenvalue weighted by Crippen LogP contribution is -2.33. The summed E-state index contributed by atoms with van der Waals surface area (Å²) in [5.74, 6) is 0.413. The third-order valence-electron chi connectivity index (χ3n) is 4.97. The third kappa shape index (κ3) is 3.67. The number of fused-ring (bicyclic) bond motifs is 1.